The number of unbranched alkanes of at least 4 members (excludes halogenated alkanes) is 17. The summed E-state index contributed by atoms with van der Waals surface area (Å²) < 4.78 is 11.0. The van der Waals surface area contributed by atoms with Gasteiger partial charge < -0.3 is 9.47 Å². The standard InChI is InChI=1S/C36H70O4/c1-7-9-25-29-39-34(37)28-24-22-20-18-16-14-12-11-13-15-17-19-21-23-27-33(31(3)4)35(32(5)6)36(38)40-30-26-10-8-2/h31-33,35H,7-30H2,1-6H3. The Morgan fingerprint density at radius 1 is 0.500 bits per heavy atom. The Morgan fingerprint density at radius 2 is 0.925 bits per heavy atom. The van der Waals surface area contributed by atoms with E-state index in [0.29, 0.717) is 37.4 Å². The Kier molecular flexibility index (Phi) is 27.3. The average Bonchev–Trinajstić information content (AvgIpc) is 2.92. The van der Waals surface area contributed by atoms with Gasteiger partial charge in [0.05, 0.1) is 19.1 Å². The highest BCUT2D eigenvalue weighted by Crippen LogP contribution is 2.33. The summed E-state index contributed by atoms with van der Waals surface area (Å²) in [6, 6.07) is 0. The second-order valence-corrected chi connectivity index (χ2v) is 13.0. The maximum Gasteiger partial charge on any atom is 0.309 e. The van der Waals surface area contributed by atoms with Crippen molar-refractivity contribution in [3.8, 4) is 0 Å². The second-order valence-electron chi connectivity index (χ2n) is 13.0. The summed E-state index contributed by atoms with van der Waals surface area (Å²) in [6.45, 7) is 14.4. The fourth-order valence-corrected chi connectivity index (χ4v) is 5.87. The summed E-state index contributed by atoms with van der Waals surface area (Å²) in [6.07, 6.45) is 26.4. The van der Waals surface area contributed by atoms with Gasteiger partial charge in [0, 0.05) is 6.42 Å². The topological polar surface area (TPSA) is 52.6 Å². The van der Waals surface area contributed by atoms with Crippen LogP contribution in [0.3, 0.4) is 0 Å². The minimum atomic E-state index is -0.00860. The largest absolute Gasteiger partial charge is 0.466 e. The smallest absolute Gasteiger partial charge is 0.309 e. The number of rotatable bonds is 29. The van der Waals surface area contributed by atoms with E-state index in [1.807, 2.05) is 0 Å². The lowest BCUT2D eigenvalue weighted by molar-refractivity contribution is -0.153. The molecule has 0 aromatic carbocycles. The lowest BCUT2D eigenvalue weighted by Crippen LogP contribution is -2.33. The SMILES string of the molecule is CCCCCOC(=O)CCCCCCCCCCCCCCCCC(C(C)C)C(C(=O)OCCCCC)C(C)C. The van der Waals surface area contributed by atoms with Gasteiger partial charge in [0.15, 0.2) is 0 Å². The molecule has 0 N–H and O–H groups in total. The van der Waals surface area contributed by atoms with Crippen molar-refractivity contribution in [2.24, 2.45) is 23.7 Å². The van der Waals surface area contributed by atoms with E-state index in [-0.39, 0.29) is 17.9 Å². The van der Waals surface area contributed by atoms with Gasteiger partial charge in [-0.15, -0.1) is 0 Å². The minimum Gasteiger partial charge on any atom is -0.466 e. The monoisotopic (exact) mass is 567 g/mol. The van der Waals surface area contributed by atoms with Crippen molar-refractivity contribution in [2.75, 3.05) is 13.2 Å². The van der Waals surface area contributed by atoms with E-state index in [9.17, 15) is 9.59 Å². The molecule has 0 spiro atoms. The van der Waals surface area contributed by atoms with Gasteiger partial charge in [0.2, 0.25) is 0 Å². The summed E-state index contributed by atoms with van der Waals surface area (Å²) in [4.78, 5) is 24.6. The Hall–Kier alpha value is -1.06. The van der Waals surface area contributed by atoms with Crippen molar-refractivity contribution in [3.63, 3.8) is 0 Å². The van der Waals surface area contributed by atoms with E-state index in [0.717, 1.165) is 57.8 Å². The quantitative estimate of drug-likeness (QED) is 0.0667. The van der Waals surface area contributed by atoms with Crippen LogP contribution in [0.25, 0.3) is 0 Å². The molecule has 0 aromatic heterocycles. The molecule has 0 aliphatic carbocycles. The predicted octanol–water partition coefficient (Wildman–Crippen LogP) is 11.2. The number of ether oxygens (including phenoxy) is 2. The zero-order valence-corrected chi connectivity index (χ0v) is 27.9. The third-order valence-electron chi connectivity index (χ3n) is 8.48. The highest BCUT2D eigenvalue weighted by Gasteiger charge is 2.33. The molecule has 0 aliphatic rings. The van der Waals surface area contributed by atoms with Gasteiger partial charge >= 0.3 is 11.9 Å². The molecule has 0 aromatic rings. The van der Waals surface area contributed by atoms with Crippen LogP contribution in [-0.2, 0) is 19.1 Å². The van der Waals surface area contributed by atoms with Gasteiger partial charge in [-0.1, -0.05) is 151 Å². The number of carbonyl (C=O) groups excluding carboxylic acids is 2. The van der Waals surface area contributed by atoms with Crippen molar-refractivity contribution in [1.82, 2.24) is 0 Å². The van der Waals surface area contributed by atoms with Crippen LogP contribution in [0.1, 0.15) is 183 Å². The molecule has 0 radical (unpaired) electrons. The number of carbonyl (C=O) groups is 2. The summed E-state index contributed by atoms with van der Waals surface area (Å²) in [5.41, 5.74) is 0. The van der Waals surface area contributed by atoms with E-state index in [1.54, 1.807) is 0 Å². The zero-order chi connectivity index (χ0) is 29.8. The molecule has 2 unspecified atom stereocenters. The number of esters is 2. The van der Waals surface area contributed by atoms with Crippen LogP contribution in [0, 0.1) is 23.7 Å². The van der Waals surface area contributed by atoms with Crippen molar-refractivity contribution < 1.29 is 19.1 Å². The number of hydrogen-bond donors (Lipinski definition) is 0. The zero-order valence-electron chi connectivity index (χ0n) is 27.9. The van der Waals surface area contributed by atoms with Gasteiger partial charge in [0.25, 0.3) is 0 Å². The van der Waals surface area contributed by atoms with E-state index in [4.69, 9.17) is 9.47 Å². The molecule has 4 nitrogen and oxygen atoms in total. The molecule has 0 amide bonds. The Morgan fingerprint density at radius 3 is 1.35 bits per heavy atom. The molecular formula is C36H70O4. The van der Waals surface area contributed by atoms with Crippen molar-refractivity contribution >= 4 is 11.9 Å². The molecule has 2 atom stereocenters. The molecule has 0 rings (SSSR count). The first-order chi connectivity index (χ1) is 19.3. The van der Waals surface area contributed by atoms with Gasteiger partial charge in [-0.25, -0.2) is 0 Å². The van der Waals surface area contributed by atoms with Crippen LogP contribution in [0.2, 0.25) is 0 Å². The summed E-state index contributed by atoms with van der Waals surface area (Å²) in [7, 11) is 0. The maximum absolute atomic E-state index is 12.9. The third-order valence-corrected chi connectivity index (χ3v) is 8.48. The Balaban J connectivity index is 3.74. The van der Waals surface area contributed by atoms with Gasteiger partial charge in [-0.05, 0) is 43.4 Å². The van der Waals surface area contributed by atoms with Crippen molar-refractivity contribution in [2.45, 2.75) is 183 Å². The van der Waals surface area contributed by atoms with E-state index < -0.39 is 0 Å². The van der Waals surface area contributed by atoms with Crippen molar-refractivity contribution in [1.29, 1.82) is 0 Å². The molecule has 0 bridgehead atoms. The molecule has 0 saturated heterocycles. The maximum atomic E-state index is 12.9. The van der Waals surface area contributed by atoms with Crippen LogP contribution in [-0.4, -0.2) is 25.2 Å². The van der Waals surface area contributed by atoms with Gasteiger partial charge in [0.1, 0.15) is 0 Å². The summed E-state index contributed by atoms with van der Waals surface area (Å²) >= 11 is 0. The fourth-order valence-electron chi connectivity index (χ4n) is 5.87. The first-order valence-electron chi connectivity index (χ1n) is 17.7. The third kappa shape index (κ3) is 22.6. The molecule has 0 fully saturated rings. The summed E-state index contributed by atoms with van der Waals surface area (Å²) in [5.74, 6) is 1.34. The predicted molar refractivity (Wildman–Crippen MR) is 171 cm³/mol. The van der Waals surface area contributed by atoms with Crippen LogP contribution in [0.5, 0.6) is 0 Å². The van der Waals surface area contributed by atoms with Gasteiger partial charge in [-0.2, -0.15) is 0 Å². The average molecular weight is 567 g/mol. The van der Waals surface area contributed by atoms with Crippen LogP contribution < -0.4 is 0 Å². The second kappa shape index (κ2) is 28.1. The molecule has 40 heavy (non-hydrogen) atoms. The lowest BCUT2D eigenvalue weighted by atomic mass is 9.74. The van der Waals surface area contributed by atoms with Crippen LogP contribution >= 0.6 is 0 Å². The minimum absolute atomic E-state index is 0.00860. The van der Waals surface area contributed by atoms with Gasteiger partial charge in [-0.3, -0.25) is 9.59 Å². The molecule has 0 heterocycles. The molecule has 0 aliphatic heterocycles. The summed E-state index contributed by atoms with van der Waals surface area (Å²) in [5, 5.41) is 0. The molecule has 238 valence electrons. The first-order valence-corrected chi connectivity index (χ1v) is 17.7. The van der Waals surface area contributed by atoms with E-state index in [2.05, 4.69) is 41.5 Å². The lowest BCUT2D eigenvalue weighted by Gasteiger charge is -2.31. The molecule has 0 saturated carbocycles. The van der Waals surface area contributed by atoms with E-state index >= 15 is 0 Å². The van der Waals surface area contributed by atoms with Crippen molar-refractivity contribution in [3.05, 3.63) is 0 Å². The molecular weight excluding hydrogens is 496 g/mol. The normalized spacial score (nSPS) is 13.1. The van der Waals surface area contributed by atoms with Crippen LogP contribution in [0.15, 0.2) is 0 Å². The highest BCUT2D eigenvalue weighted by atomic mass is 16.5. The highest BCUT2D eigenvalue weighted by molar-refractivity contribution is 5.73. The number of hydrogen-bond acceptors (Lipinski definition) is 4. The Bertz CT molecular complexity index is 571. The Labute approximate surface area is 250 Å². The van der Waals surface area contributed by atoms with Crippen LogP contribution in [0.4, 0.5) is 0 Å². The van der Waals surface area contributed by atoms with E-state index in [1.165, 1.54) is 77.0 Å². The fraction of sp³-hybridized carbons (Fsp3) is 0.944. The first kappa shape index (κ1) is 38.9. The molecule has 4 heteroatoms.